The monoisotopic (exact) mass is 797 g/mol. The number of benzene rings is 9. The van der Waals surface area contributed by atoms with E-state index in [9.17, 15) is 0 Å². The van der Waals surface area contributed by atoms with Crippen molar-refractivity contribution in [3.05, 3.63) is 188 Å². The molecule has 61 heavy (non-hydrogen) atoms. The smallest absolute Gasteiger partial charge is 0.165 e. The van der Waals surface area contributed by atoms with E-state index in [-0.39, 0.29) is 0 Å². The molecule has 0 fully saturated rings. The van der Waals surface area contributed by atoms with Crippen molar-refractivity contribution < 1.29 is 8.83 Å². The summed E-state index contributed by atoms with van der Waals surface area (Å²) < 4.78 is 15.5. The van der Waals surface area contributed by atoms with Crippen LogP contribution >= 0.6 is 11.3 Å². The Bertz CT molecular complexity index is 3880. The summed E-state index contributed by atoms with van der Waals surface area (Å²) in [7, 11) is 0. The van der Waals surface area contributed by atoms with Crippen LogP contribution in [0.3, 0.4) is 0 Å². The summed E-state index contributed by atoms with van der Waals surface area (Å²) in [6.45, 7) is 0. The van der Waals surface area contributed by atoms with Crippen molar-refractivity contribution in [3.63, 3.8) is 0 Å². The number of para-hydroxylation sites is 2. The van der Waals surface area contributed by atoms with Crippen LogP contribution in [0.2, 0.25) is 0 Å². The zero-order valence-corrected chi connectivity index (χ0v) is 33.3. The number of hydrogen-bond acceptors (Lipinski definition) is 6. The highest BCUT2D eigenvalue weighted by atomic mass is 32.1. The molecule has 0 unspecified atom stereocenters. The summed E-state index contributed by atoms with van der Waals surface area (Å²) >= 11 is 1.84. The van der Waals surface area contributed by atoms with Gasteiger partial charge in [-0.2, -0.15) is 0 Å². The minimum atomic E-state index is 0.561. The zero-order chi connectivity index (χ0) is 40.0. The number of furan rings is 2. The molecule has 0 N–H and O–H groups in total. The Morgan fingerprint density at radius 2 is 0.934 bits per heavy atom. The van der Waals surface area contributed by atoms with Crippen LogP contribution in [0.15, 0.2) is 197 Å². The first-order valence-corrected chi connectivity index (χ1v) is 21.2. The lowest BCUT2D eigenvalue weighted by atomic mass is 9.91. The third-order valence-electron chi connectivity index (χ3n) is 12.0. The van der Waals surface area contributed by atoms with Gasteiger partial charge in [-0.05, 0) is 69.4 Å². The molecule has 4 heterocycles. The maximum atomic E-state index is 6.60. The maximum Gasteiger partial charge on any atom is 0.165 e. The first-order valence-electron chi connectivity index (χ1n) is 20.3. The number of thiophene rings is 1. The van der Waals surface area contributed by atoms with Crippen molar-refractivity contribution in [2.24, 2.45) is 0 Å². The van der Waals surface area contributed by atoms with E-state index in [4.69, 9.17) is 23.8 Å². The van der Waals surface area contributed by atoms with Crippen molar-refractivity contribution in [1.29, 1.82) is 0 Å². The number of nitrogens with zero attached hydrogens (tertiary/aromatic N) is 3. The van der Waals surface area contributed by atoms with Crippen molar-refractivity contribution in [2.75, 3.05) is 0 Å². The SMILES string of the molecule is c1ccc(-c2ccc(-c3nc(-c4cccc5oc6ccccc6c45)nc(-c4c(-c5cccc6sc7c8ccccc8ccc7c56)ccc5oc6ccccc6c45)n3)cc2)cc1. The van der Waals surface area contributed by atoms with E-state index >= 15 is 0 Å². The second-order valence-corrected chi connectivity index (χ2v) is 16.5. The van der Waals surface area contributed by atoms with Gasteiger partial charge in [0.05, 0.1) is 0 Å². The summed E-state index contributed by atoms with van der Waals surface area (Å²) in [5, 5.41) is 8.87. The van der Waals surface area contributed by atoms with Gasteiger partial charge < -0.3 is 8.83 Å². The molecule has 0 aliphatic rings. The van der Waals surface area contributed by atoms with E-state index in [1.54, 1.807) is 0 Å². The van der Waals surface area contributed by atoms with Crippen LogP contribution in [0.4, 0.5) is 0 Å². The first kappa shape index (κ1) is 34.0. The van der Waals surface area contributed by atoms with E-state index in [1.807, 2.05) is 59.9 Å². The fourth-order valence-electron chi connectivity index (χ4n) is 9.19. The van der Waals surface area contributed by atoms with Crippen LogP contribution < -0.4 is 0 Å². The van der Waals surface area contributed by atoms with Gasteiger partial charge in [-0.3, -0.25) is 0 Å². The molecule has 13 aromatic rings. The molecule has 5 nitrogen and oxygen atoms in total. The summed E-state index contributed by atoms with van der Waals surface area (Å²) in [4.78, 5) is 16.2. The highest BCUT2D eigenvalue weighted by molar-refractivity contribution is 7.26. The van der Waals surface area contributed by atoms with Gasteiger partial charge in [0.15, 0.2) is 17.5 Å². The minimum Gasteiger partial charge on any atom is -0.456 e. The Morgan fingerprint density at radius 3 is 1.75 bits per heavy atom. The lowest BCUT2D eigenvalue weighted by Gasteiger charge is -2.15. The fraction of sp³-hybridized carbons (Fsp3) is 0. The Labute approximate surface area is 352 Å². The standard InChI is InChI=1S/C55H31N3O2S/c1-2-12-32(13-3-1)33-24-26-35(27-25-33)53-56-54(42-19-10-22-45-48(42)39-16-6-8-20-43(39)59-45)58-55(57-53)51-38(30-31-46-50(51)40-17-7-9-21-44(40)60-46)37-18-11-23-47-49(37)41-29-28-34-14-4-5-15-36(34)52(41)61-47/h1-31H. The van der Waals surface area contributed by atoms with Crippen LogP contribution in [0, 0.1) is 0 Å². The molecule has 284 valence electrons. The maximum absolute atomic E-state index is 6.60. The molecule has 0 radical (unpaired) electrons. The molecule has 0 saturated carbocycles. The summed E-state index contributed by atoms with van der Waals surface area (Å²) in [6, 6.07) is 65.5. The molecular weight excluding hydrogens is 767 g/mol. The quantitative estimate of drug-likeness (QED) is 0.174. The van der Waals surface area contributed by atoms with Crippen molar-refractivity contribution >= 4 is 86.2 Å². The molecule has 0 spiro atoms. The second-order valence-electron chi connectivity index (χ2n) is 15.4. The average Bonchev–Trinajstić information content (AvgIpc) is 4.03. The molecule has 6 heteroatoms. The number of rotatable bonds is 5. The molecule has 9 aromatic carbocycles. The Kier molecular flexibility index (Phi) is 7.41. The number of aromatic nitrogens is 3. The Hall–Kier alpha value is -7.93. The van der Waals surface area contributed by atoms with Crippen LogP contribution in [-0.2, 0) is 0 Å². The third-order valence-corrected chi connectivity index (χ3v) is 13.2. The average molecular weight is 798 g/mol. The van der Waals surface area contributed by atoms with Crippen molar-refractivity contribution in [3.8, 4) is 56.4 Å². The van der Waals surface area contributed by atoms with Gasteiger partial charge in [0, 0.05) is 58.4 Å². The van der Waals surface area contributed by atoms with Gasteiger partial charge in [-0.15, -0.1) is 11.3 Å². The topological polar surface area (TPSA) is 65.0 Å². The predicted molar refractivity (Wildman–Crippen MR) is 252 cm³/mol. The largest absolute Gasteiger partial charge is 0.456 e. The summed E-state index contributed by atoms with van der Waals surface area (Å²) in [5.41, 5.74) is 10.2. The van der Waals surface area contributed by atoms with Gasteiger partial charge >= 0.3 is 0 Å². The van der Waals surface area contributed by atoms with Gasteiger partial charge in [0.2, 0.25) is 0 Å². The van der Waals surface area contributed by atoms with Gasteiger partial charge in [-0.25, -0.2) is 15.0 Å². The first-order chi connectivity index (χ1) is 30.2. The lowest BCUT2D eigenvalue weighted by Crippen LogP contribution is -2.02. The Balaban J connectivity index is 1.13. The second kappa shape index (κ2) is 13.3. The molecule has 0 saturated heterocycles. The van der Waals surface area contributed by atoms with E-state index < -0.39 is 0 Å². The lowest BCUT2D eigenvalue weighted by molar-refractivity contribution is 0.668. The molecule has 13 rings (SSSR count). The molecule has 0 aliphatic carbocycles. The zero-order valence-electron chi connectivity index (χ0n) is 32.5. The van der Waals surface area contributed by atoms with Gasteiger partial charge in [0.1, 0.15) is 22.3 Å². The van der Waals surface area contributed by atoms with E-state index in [2.05, 4.69) is 140 Å². The highest BCUT2D eigenvalue weighted by Crippen LogP contribution is 2.48. The minimum absolute atomic E-state index is 0.561. The highest BCUT2D eigenvalue weighted by Gasteiger charge is 2.25. The molecule has 0 bridgehead atoms. The molecular formula is C55H31N3O2S. The molecule has 4 aromatic heterocycles. The molecule has 0 atom stereocenters. The Morgan fingerprint density at radius 1 is 0.328 bits per heavy atom. The van der Waals surface area contributed by atoms with E-state index in [1.165, 1.54) is 30.9 Å². The number of fused-ring (bicyclic) bond motifs is 11. The van der Waals surface area contributed by atoms with E-state index in [0.717, 1.165) is 82.8 Å². The third kappa shape index (κ3) is 5.29. The van der Waals surface area contributed by atoms with Gasteiger partial charge in [0.25, 0.3) is 0 Å². The number of hydrogen-bond donors (Lipinski definition) is 0. The van der Waals surface area contributed by atoms with Crippen LogP contribution in [-0.4, -0.2) is 15.0 Å². The van der Waals surface area contributed by atoms with Crippen LogP contribution in [0.5, 0.6) is 0 Å². The van der Waals surface area contributed by atoms with Gasteiger partial charge in [-0.1, -0.05) is 152 Å². The summed E-state index contributed by atoms with van der Waals surface area (Å²) in [6.07, 6.45) is 0. The molecule has 0 aliphatic heterocycles. The van der Waals surface area contributed by atoms with Crippen molar-refractivity contribution in [1.82, 2.24) is 15.0 Å². The predicted octanol–water partition coefficient (Wildman–Crippen LogP) is 15.5. The van der Waals surface area contributed by atoms with Crippen LogP contribution in [0.1, 0.15) is 0 Å². The van der Waals surface area contributed by atoms with E-state index in [0.29, 0.717) is 17.5 Å². The summed E-state index contributed by atoms with van der Waals surface area (Å²) in [5.74, 6) is 1.70. The fourth-order valence-corrected chi connectivity index (χ4v) is 10.5. The van der Waals surface area contributed by atoms with Crippen molar-refractivity contribution in [2.45, 2.75) is 0 Å². The molecule has 0 amide bonds. The normalized spacial score (nSPS) is 11.9. The van der Waals surface area contributed by atoms with Crippen LogP contribution in [0.25, 0.3) is 131 Å².